The van der Waals surface area contributed by atoms with Crippen molar-refractivity contribution in [2.24, 2.45) is 0 Å². The zero-order valence-corrected chi connectivity index (χ0v) is 7.63. The van der Waals surface area contributed by atoms with Crippen molar-refractivity contribution in [3.63, 3.8) is 0 Å². The lowest BCUT2D eigenvalue weighted by atomic mass is 9.90. The van der Waals surface area contributed by atoms with E-state index >= 15 is 0 Å². The van der Waals surface area contributed by atoms with Crippen LogP contribution in [-0.4, -0.2) is 41.3 Å². The van der Waals surface area contributed by atoms with E-state index in [1.807, 2.05) is 13.8 Å². The van der Waals surface area contributed by atoms with Crippen molar-refractivity contribution in [3.8, 4) is 0 Å². The summed E-state index contributed by atoms with van der Waals surface area (Å²) >= 11 is 0. The van der Waals surface area contributed by atoms with Crippen molar-refractivity contribution < 1.29 is 9.90 Å². The van der Waals surface area contributed by atoms with E-state index in [-0.39, 0.29) is 18.2 Å². The van der Waals surface area contributed by atoms with Crippen molar-refractivity contribution in [3.05, 3.63) is 0 Å². The third-order valence-electron chi connectivity index (χ3n) is 2.31. The Balaban J connectivity index is 2.33. The van der Waals surface area contributed by atoms with Crippen LogP contribution in [0.3, 0.4) is 0 Å². The van der Waals surface area contributed by atoms with Crippen LogP contribution in [0.2, 0.25) is 0 Å². The van der Waals surface area contributed by atoms with Crippen LogP contribution in [0.4, 0.5) is 4.79 Å². The van der Waals surface area contributed by atoms with Gasteiger partial charge in [-0.3, -0.25) is 0 Å². The van der Waals surface area contributed by atoms with Crippen molar-refractivity contribution in [1.82, 2.24) is 10.2 Å². The molecule has 0 aliphatic carbocycles. The maximum atomic E-state index is 11.3. The van der Waals surface area contributed by atoms with Gasteiger partial charge in [-0.1, -0.05) is 0 Å². The zero-order chi connectivity index (χ0) is 9.19. The van der Waals surface area contributed by atoms with Crippen LogP contribution in [0.1, 0.15) is 20.3 Å². The summed E-state index contributed by atoms with van der Waals surface area (Å²) < 4.78 is 0. The zero-order valence-electron chi connectivity index (χ0n) is 7.63. The first kappa shape index (κ1) is 9.32. The van der Waals surface area contributed by atoms with Crippen molar-refractivity contribution >= 4 is 6.03 Å². The normalized spacial score (nSPS) is 20.1. The highest BCUT2D eigenvalue weighted by atomic mass is 16.3. The molecule has 2 N–H and O–H groups in total. The van der Waals surface area contributed by atoms with Crippen molar-refractivity contribution in [2.75, 3.05) is 19.7 Å². The first-order chi connectivity index (χ1) is 5.58. The van der Waals surface area contributed by atoms with E-state index < -0.39 is 0 Å². The Morgan fingerprint density at radius 3 is 2.67 bits per heavy atom. The number of rotatable bonds is 2. The molecule has 12 heavy (non-hydrogen) atoms. The molecule has 0 saturated carbocycles. The van der Waals surface area contributed by atoms with Crippen LogP contribution in [0, 0.1) is 0 Å². The quantitative estimate of drug-likeness (QED) is 0.624. The summed E-state index contributed by atoms with van der Waals surface area (Å²) in [6.45, 7) is 5.24. The second-order valence-corrected chi connectivity index (χ2v) is 3.67. The lowest BCUT2D eigenvalue weighted by Gasteiger charge is -2.48. The average molecular weight is 172 g/mol. The summed E-state index contributed by atoms with van der Waals surface area (Å²) in [5, 5.41) is 11.1. The molecule has 1 fully saturated rings. The van der Waals surface area contributed by atoms with Gasteiger partial charge in [-0.2, -0.15) is 0 Å². The van der Waals surface area contributed by atoms with Gasteiger partial charge in [-0.15, -0.1) is 0 Å². The molecular weight excluding hydrogens is 156 g/mol. The molecule has 0 unspecified atom stereocenters. The molecule has 1 heterocycles. The van der Waals surface area contributed by atoms with Crippen LogP contribution < -0.4 is 5.32 Å². The fourth-order valence-electron chi connectivity index (χ4n) is 1.31. The van der Waals surface area contributed by atoms with Gasteiger partial charge in [0.25, 0.3) is 0 Å². The fraction of sp³-hybridized carbons (Fsp3) is 0.875. The Bertz CT molecular complexity index is 180. The number of likely N-dealkylation sites (tertiary alicyclic amines) is 1. The molecule has 0 aromatic carbocycles. The molecule has 0 spiro atoms. The highest BCUT2D eigenvalue weighted by molar-refractivity contribution is 5.75. The van der Waals surface area contributed by atoms with Crippen molar-refractivity contribution in [1.29, 1.82) is 0 Å². The topological polar surface area (TPSA) is 52.6 Å². The number of carbonyl (C=O) groups is 1. The van der Waals surface area contributed by atoms with Gasteiger partial charge in [-0.05, 0) is 20.3 Å². The lowest BCUT2D eigenvalue weighted by molar-refractivity contribution is 0.0527. The fourth-order valence-corrected chi connectivity index (χ4v) is 1.31. The molecule has 1 aliphatic heterocycles. The van der Waals surface area contributed by atoms with Gasteiger partial charge >= 0.3 is 6.03 Å². The Labute approximate surface area is 72.6 Å². The highest BCUT2D eigenvalue weighted by Gasteiger charge is 2.38. The minimum Gasteiger partial charge on any atom is -0.395 e. The van der Waals surface area contributed by atoms with Crippen LogP contribution in [0.25, 0.3) is 0 Å². The Kier molecular flexibility index (Phi) is 2.57. The number of aliphatic hydroxyl groups excluding tert-OH is 1. The smallest absolute Gasteiger partial charge is 0.317 e. The number of hydrogen-bond donors (Lipinski definition) is 2. The largest absolute Gasteiger partial charge is 0.395 e. The van der Waals surface area contributed by atoms with Gasteiger partial charge in [0.2, 0.25) is 0 Å². The number of nitrogens with zero attached hydrogens (tertiary/aromatic N) is 1. The molecule has 0 aromatic heterocycles. The van der Waals surface area contributed by atoms with Gasteiger partial charge < -0.3 is 15.3 Å². The summed E-state index contributed by atoms with van der Waals surface area (Å²) in [5.41, 5.74) is -0.000457. The minimum absolute atomic E-state index is 0.00000850. The average Bonchev–Trinajstić information content (AvgIpc) is 1.99. The van der Waals surface area contributed by atoms with Crippen LogP contribution >= 0.6 is 0 Å². The van der Waals surface area contributed by atoms with Gasteiger partial charge in [0.15, 0.2) is 0 Å². The lowest BCUT2D eigenvalue weighted by Crippen LogP contribution is -2.61. The number of nitrogens with one attached hydrogen (secondary N) is 1. The van der Waals surface area contributed by atoms with E-state index in [0.717, 1.165) is 13.0 Å². The third kappa shape index (κ3) is 1.69. The number of urea groups is 1. The predicted octanol–water partition coefficient (Wildman–Crippen LogP) is 0.173. The first-order valence-corrected chi connectivity index (χ1v) is 4.24. The van der Waals surface area contributed by atoms with Gasteiger partial charge in [0.05, 0.1) is 6.61 Å². The predicted molar refractivity (Wildman–Crippen MR) is 45.9 cm³/mol. The van der Waals surface area contributed by atoms with E-state index in [9.17, 15) is 4.79 Å². The molecule has 4 nitrogen and oxygen atoms in total. The van der Waals surface area contributed by atoms with Crippen LogP contribution in [-0.2, 0) is 0 Å². The summed E-state index contributed by atoms with van der Waals surface area (Å²) in [7, 11) is 0. The summed E-state index contributed by atoms with van der Waals surface area (Å²) in [6, 6.07) is -0.0692. The Morgan fingerprint density at radius 2 is 2.33 bits per heavy atom. The maximum absolute atomic E-state index is 11.3. The van der Waals surface area contributed by atoms with E-state index in [1.165, 1.54) is 0 Å². The van der Waals surface area contributed by atoms with Crippen molar-refractivity contribution in [2.45, 2.75) is 25.8 Å². The molecule has 0 radical (unpaired) electrons. The number of aliphatic hydroxyl groups is 1. The maximum Gasteiger partial charge on any atom is 0.317 e. The highest BCUT2D eigenvalue weighted by Crippen LogP contribution is 2.28. The molecule has 2 amide bonds. The molecule has 0 atom stereocenters. The van der Waals surface area contributed by atoms with Crippen LogP contribution in [0.15, 0.2) is 0 Å². The molecule has 1 saturated heterocycles. The Morgan fingerprint density at radius 1 is 1.67 bits per heavy atom. The van der Waals surface area contributed by atoms with E-state index in [4.69, 9.17) is 5.11 Å². The third-order valence-corrected chi connectivity index (χ3v) is 2.31. The standard InChI is InChI=1S/C8H16N2O2/c1-8(2)3-5-10(8)7(12)9-4-6-11/h11H,3-6H2,1-2H3,(H,9,12). The molecule has 0 bridgehead atoms. The number of amides is 2. The van der Waals surface area contributed by atoms with E-state index in [2.05, 4.69) is 5.32 Å². The van der Waals surface area contributed by atoms with Gasteiger partial charge in [0, 0.05) is 18.6 Å². The van der Waals surface area contributed by atoms with Gasteiger partial charge in [-0.25, -0.2) is 4.79 Å². The molecular formula is C8H16N2O2. The summed E-state index contributed by atoms with van der Waals surface area (Å²) in [4.78, 5) is 13.1. The minimum atomic E-state index is -0.0692. The summed E-state index contributed by atoms with van der Waals surface area (Å²) in [6.07, 6.45) is 1.06. The van der Waals surface area contributed by atoms with E-state index in [0.29, 0.717) is 6.54 Å². The van der Waals surface area contributed by atoms with Gasteiger partial charge in [0.1, 0.15) is 0 Å². The molecule has 70 valence electrons. The molecule has 4 heteroatoms. The molecule has 1 aliphatic rings. The number of hydrogen-bond acceptors (Lipinski definition) is 2. The van der Waals surface area contributed by atoms with Crippen LogP contribution in [0.5, 0.6) is 0 Å². The number of carbonyl (C=O) groups excluding carboxylic acids is 1. The molecule has 0 aromatic rings. The monoisotopic (exact) mass is 172 g/mol. The summed E-state index contributed by atoms with van der Waals surface area (Å²) in [5.74, 6) is 0. The first-order valence-electron chi connectivity index (χ1n) is 4.24. The SMILES string of the molecule is CC1(C)CCN1C(=O)NCCO. The second kappa shape index (κ2) is 3.31. The molecule has 1 rings (SSSR count). The Hall–Kier alpha value is -0.770. The van der Waals surface area contributed by atoms with E-state index in [1.54, 1.807) is 4.90 Å². The second-order valence-electron chi connectivity index (χ2n) is 3.67.